The number of fused-ring (bicyclic) bond motifs is 1. The first kappa shape index (κ1) is 32.0. The van der Waals surface area contributed by atoms with Gasteiger partial charge in [-0.2, -0.15) is 5.26 Å². The molecule has 38 heavy (non-hydrogen) atoms. The molecule has 1 fully saturated rings. The van der Waals surface area contributed by atoms with E-state index in [0.29, 0.717) is 19.3 Å². The van der Waals surface area contributed by atoms with Crippen molar-refractivity contribution in [2.24, 2.45) is 38.4 Å². The van der Waals surface area contributed by atoms with E-state index in [1.807, 2.05) is 26.8 Å². The number of ketones is 2. The van der Waals surface area contributed by atoms with E-state index >= 15 is 0 Å². The molecule has 2 aliphatic rings. The van der Waals surface area contributed by atoms with Crippen molar-refractivity contribution in [1.29, 1.82) is 5.26 Å². The van der Waals surface area contributed by atoms with Crippen molar-refractivity contribution in [1.82, 2.24) is 0 Å². The van der Waals surface area contributed by atoms with Gasteiger partial charge < -0.3 is 5.11 Å². The average Bonchev–Trinajstić information content (AvgIpc) is 2.81. The van der Waals surface area contributed by atoms with Gasteiger partial charge in [-0.15, -0.1) is 0 Å². The summed E-state index contributed by atoms with van der Waals surface area (Å²) in [7, 11) is 0. The van der Waals surface area contributed by atoms with Gasteiger partial charge in [0.15, 0.2) is 11.6 Å². The van der Waals surface area contributed by atoms with Crippen LogP contribution in [0.15, 0.2) is 23.3 Å². The molecule has 0 bridgehead atoms. The highest BCUT2D eigenvalue weighted by atomic mass is 16.4. The zero-order valence-corrected chi connectivity index (χ0v) is 25.8. The molecular formula is C33H51NO4. The second-order valence-corrected chi connectivity index (χ2v) is 14.9. The van der Waals surface area contributed by atoms with E-state index < -0.39 is 27.6 Å². The molecule has 0 aromatic rings. The molecule has 2 aliphatic carbocycles. The summed E-state index contributed by atoms with van der Waals surface area (Å²) >= 11 is 0. The molecule has 4 atom stereocenters. The van der Waals surface area contributed by atoms with Gasteiger partial charge in [0.25, 0.3) is 0 Å². The predicted octanol–water partition coefficient (Wildman–Crippen LogP) is 8.10. The molecule has 0 saturated heterocycles. The Hall–Kier alpha value is -2.22. The molecule has 0 radical (unpaired) electrons. The smallest absolute Gasteiger partial charge is 0.309 e. The summed E-state index contributed by atoms with van der Waals surface area (Å²) in [6, 6.07) is 2.13. The van der Waals surface area contributed by atoms with Gasteiger partial charge in [-0.25, -0.2) is 0 Å². The second-order valence-electron chi connectivity index (χ2n) is 14.9. The number of carboxylic acids is 1. The van der Waals surface area contributed by atoms with Crippen LogP contribution in [0.4, 0.5) is 0 Å². The SMILES string of the molecule is CCC(C)(C)CC[C@@](C)(CCC(C)(C)[C@]1(C)CC[C@H]2C(C)(C)C(=O)C(C#N)=C[C@]2(C)/C1=C/C(C)=O)C(=O)O. The minimum absolute atomic E-state index is 0.0327. The number of nitriles is 1. The summed E-state index contributed by atoms with van der Waals surface area (Å²) in [4.78, 5) is 38.3. The van der Waals surface area contributed by atoms with Crippen molar-refractivity contribution in [2.45, 2.75) is 121 Å². The van der Waals surface area contributed by atoms with Crippen molar-refractivity contribution in [3.63, 3.8) is 0 Å². The molecule has 0 unspecified atom stereocenters. The minimum atomic E-state index is -0.835. The highest BCUT2D eigenvalue weighted by Gasteiger charge is 2.61. The first-order chi connectivity index (χ1) is 17.1. The zero-order valence-electron chi connectivity index (χ0n) is 25.8. The van der Waals surface area contributed by atoms with Crippen molar-refractivity contribution in [2.75, 3.05) is 0 Å². The highest BCUT2D eigenvalue weighted by molar-refractivity contribution is 6.04. The molecule has 212 valence electrons. The fraction of sp³-hybridized carbons (Fsp3) is 0.758. The number of allylic oxidation sites excluding steroid dienone is 4. The molecular weight excluding hydrogens is 474 g/mol. The molecule has 5 heteroatoms. The third kappa shape index (κ3) is 5.56. The molecule has 0 spiro atoms. The number of Topliss-reactive ketones (excluding diaryl/α,β-unsaturated/α-hetero) is 1. The van der Waals surface area contributed by atoms with Crippen LogP contribution in [0, 0.1) is 49.7 Å². The lowest BCUT2D eigenvalue weighted by atomic mass is 9.42. The van der Waals surface area contributed by atoms with Gasteiger partial charge in [0.05, 0.1) is 11.0 Å². The number of rotatable bonds is 10. The van der Waals surface area contributed by atoms with Crippen LogP contribution in [0.1, 0.15) is 121 Å². The first-order valence-corrected chi connectivity index (χ1v) is 14.3. The summed E-state index contributed by atoms with van der Waals surface area (Å²) in [5, 5.41) is 20.1. The number of hydrogen-bond acceptors (Lipinski definition) is 4. The van der Waals surface area contributed by atoms with E-state index in [9.17, 15) is 24.8 Å². The van der Waals surface area contributed by atoms with Crippen molar-refractivity contribution >= 4 is 17.5 Å². The fourth-order valence-electron chi connectivity index (χ4n) is 7.11. The average molecular weight is 526 g/mol. The lowest BCUT2D eigenvalue weighted by molar-refractivity contribution is -0.150. The fourth-order valence-corrected chi connectivity index (χ4v) is 7.11. The largest absolute Gasteiger partial charge is 0.481 e. The molecule has 2 rings (SSSR count). The maximum Gasteiger partial charge on any atom is 0.309 e. The number of carbonyl (C=O) groups is 3. The topological polar surface area (TPSA) is 95.2 Å². The second kappa shape index (κ2) is 10.4. The predicted molar refractivity (Wildman–Crippen MR) is 152 cm³/mol. The van der Waals surface area contributed by atoms with Crippen LogP contribution in [-0.2, 0) is 14.4 Å². The monoisotopic (exact) mass is 525 g/mol. The molecule has 5 nitrogen and oxygen atoms in total. The van der Waals surface area contributed by atoms with Crippen LogP contribution in [-0.4, -0.2) is 22.6 Å². The van der Waals surface area contributed by atoms with Crippen LogP contribution < -0.4 is 0 Å². The van der Waals surface area contributed by atoms with Crippen molar-refractivity contribution in [3.05, 3.63) is 23.3 Å². The van der Waals surface area contributed by atoms with E-state index in [1.54, 1.807) is 13.0 Å². The number of aliphatic carboxylic acids is 1. The number of carboxylic acid groups (broad SMARTS) is 1. The molecule has 1 N–H and O–H groups in total. The van der Waals surface area contributed by atoms with Gasteiger partial charge in [0.1, 0.15) is 6.07 Å². The summed E-state index contributed by atoms with van der Waals surface area (Å²) < 4.78 is 0. The normalized spacial score (nSPS) is 30.2. The van der Waals surface area contributed by atoms with Crippen molar-refractivity contribution < 1.29 is 19.5 Å². The Labute approximate surface area is 231 Å². The first-order valence-electron chi connectivity index (χ1n) is 14.3. The third-order valence-corrected chi connectivity index (χ3v) is 11.1. The summed E-state index contributed by atoms with van der Waals surface area (Å²) in [6.07, 6.45) is 8.85. The van der Waals surface area contributed by atoms with Crippen LogP contribution in [0.2, 0.25) is 0 Å². The Bertz CT molecular complexity index is 1080. The third-order valence-electron chi connectivity index (χ3n) is 11.1. The lowest BCUT2D eigenvalue weighted by Crippen LogP contribution is -2.55. The minimum Gasteiger partial charge on any atom is -0.481 e. The van der Waals surface area contributed by atoms with Crippen LogP contribution in [0.25, 0.3) is 0 Å². The van der Waals surface area contributed by atoms with Gasteiger partial charge in [-0.1, -0.05) is 80.4 Å². The molecule has 0 heterocycles. The van der Waals surface area contributed by atoms with Gasteiger partial charge in [-0.3, -0.25) is 14.4 Å². The molecule has 0 amide bonds. The van der Waals surface area contributed by atoms with Gasteiger partial charge in [0, 0.05) is 10.8 Å². The maximum atomic E-state index is 13.2. The number of hydrogen-bond donors (Lipinski definition) is 1. The van der Waals surface area contributed by atoms with E-state index in [0.717, 1.165) is 31.3 Å². The molecule has 0 aliphatic heterocycles. The van der Waals surface area contributed by atoms with Gasteiger partial charge >= 0.3 is 5.97 Å². The van der Waals surface area contributed by atoms with E-state index in [4.69, 9.17) is 0 Å². The van der Waals surface area contributed by atoms with Crippen LogP contribution in [0.5, 0.6) is 0 Å². The number of nitrogens with zero attached hydrogens (tertiary/aromatic N) is 1. The van der Waals surface area contributed by atoms with E-state index in [1.165, 1.54) is 0 Å². The lowest BCUT2D eigenvalue weighted by Gasteiger charge is -2.61. The molecule has 0 aromatic heterocycles. The van der Waals surface area contributed by atoms with Crippen molar-refractivity contribution in [3.8, 4) is 6.07 Å². The zero-order chi connectivity index (χ0) is 29.5. The van der Waals surface area contributed by atoms with Crippen LogP contribution in [0.3, 0.4) is 0 Å². The maximum absolute atomic E-state index is 13.2. The summed E-state index contributed by atoms with van der Waals surface area (Å²) in [6.45, 7) is 22.5. The Kier molecular flexibility index (Phi) is 8.75. The Balaban J connectivity index is 2.56. The Morgan fingerprint density at radius 1 is 1.08 bits per heavy atom. The van der Waals surface area contributed by atoms with Crippen LogP contribution >= 0.6 is 0 Å². The summed E-state index contributed by atoms with van der Waals surface area (Å²) in [5.74, 6) is -0.966. The van der Waals surface area contributed by atoms with E-state index in [-0.39, 0.29) is 33.9 Å². The molecule has 0 aromatic carbocycles. The Morgan fingerprint density at radius 3 is 2.11 bits per heavy atom. The van der Waals surface area contributed by atoms with E-state index in [2.05, 4.69) is 54.5 Å². The highest BCUT2D eigenvalue weighted by Crippen LogP contribution is 2.67. The summed E-state index contributed by atoms with van der Waals surface area (Å²) in [5.41, 5.74) is -1.69. The Morgan fingerprint density at radius 2 is 1.63 bits per heavy atom. The number of carbonyl (C=O) groups excluding carboxylic acids is 2. The quantitative estimate of drug-likeness (QED) is 0.291. The van der Waals surface area contributed by atoms with Gasteiger partial charge in [-0.05, 0) is 80.6 Å². The standard InChI is InChI=1S/C33H51NO4/c1-12-28(3,4)15-17-31(9,27(37)38)18-16-29(5,6)33(11)14-13-24-30(7,8)26(36)23(21-34)20-32(24,10)25(33)19-22(2)35/h19-20,24H,12-18H2,1-11H3,(H,37,38)/b25-19-/t24-,31-,32-,33+/m0/s1. The molecule has 1 saturated carbocycles. The van der Waals surface area contributed by atoms with Gasteiger partial charge in [0.2, 0.25) is 0 Å².